The normalized spacial score (nSPS) is 20.1. The van der Waals surface area contributed by atoms with Crippen molar-refractivity contribution in [1.82, 2.24) is 9.78 Å². The monoisotopic (exact) mass is 208 g/mol. The van der Waals surface area contributed by atoms with Gasteiger partial charge in [-0.25, -0.2) is 0 Å². The average Bonchev–Trinajstić information content (AvgIpc) is 2.85. The summed E-state index contributed by atoms with van der Waals surface area (Å²) < 4.78 is 1.92. The first kappa shape index (κ1) is 10.2. The van der Waals surface area contributed by atoms with Gasteiger partial charge < -0.3 is 10.6 Å². The smallest absolute Gasteiger partial charge is 0.145 e. The highest BCUT2D eigenvalue weighted by molar-refractivity contribution is 6.00. The van der Waals surface area contributed by atoms with E-state index in [1.165, 1.54) is 0 Å². The molecule has 1 aromatic rings. The molecule has 5 heteroatoms. The lowest BCUT2D eigenvalue weighted by atomic mass is 10.1. The minimum Gasteiger partial charge on any atom is -0.390 e. The van der Waals surface area contributed by atoms with Crippen LogP contribution in [0.2, 0.25) is 0 Å². The lowest BCUT2D eigenvalue weighted by Crippen LogP contribution is -2.19. The van der Waals surface area contributed by atoms with Crippen LogP contribution in [0.1, 0.15) is 25.3 Å². The molecule has 0 aromatic carbocycles. The number of nitrogens with two attached hydrogens (primary N) is 1. The fraction of sp³-hybridized carbons (Fsp3) is 0.600. The lowest BCUT2D eigenvalue weighted by molar-refractivity contribution is 0.0918. The Labute approximate surface area is 88.9 Å². The van der Waals surface area contributed by atoms with E-state index in [1.807, 2.05) is 17.1 Å². The van der Waals surface area contributed by atoms with Gasteiger partial charge in [0.2, 0.25) is 0 Å². The minimum absolute atomic E-state index is 0.0366. The Bertz CT molecular complexity index is 358. The van der Waals surface area contributed by atoms with Gasteiger partial charge in [-0.05, 0) is 6.42 Å². The second kappa shape index (κ2) is 4.44. The number of aryl methyl sites for hydroxylation is 1. The van der Waals surface area contributed by atoms with Crippen molar-refractivity contribution in [2.75, 3.05) is 6.54 Å². The summed E-state index contributed by atoms with van der Waals surface area (Å²) in [4.78, 5) is 5.16. The van der Waals surface area contributed by atoms with Crippen molar-refractivity contribution in [3.63, 3.8) is 0 Å². The Balaban J connectivity index is 2.04. The van der Waals surface area contributed by atoms with Crippen LogP contribution < -0.4 is 5.73 Å². The molecule has 82 valence electrons. The van der Waals surface area contributed by atoms with Gasteiger partial charge in [0.1, 0.15) is 6.10 Å². The van der Waals surface area contributed by atoms with Crippen molar-refractivity contribution < 1.29 is 4.84 Å². The summed E-state index contributed by atoms with van der Waals surface area (Å²) in [6, 6.07) is 0. The molecule has 5 nitrogen and oxygen atoms in total. The van der Waals surface area contributed by atoms with Gasteiger partial charge in [0.25, 0.3) is 0 Å². The molecule has 0 saturated carbocycles. The third kappa shape index (κ3) is 2.18. The summed E-state index contributed by atoms with van der Waals surface area (Å²) in [6.45, 7) is 3.58. The van der Waals surface area contributed by atoms with Crippen molar-refractivity contribution in [1.29, 1.82) is 0 Å². The van der Waals surface area contributed by atoms with Crippen LogP contribution in [0.4, 0.5) is 0 Å². The molecule has 0 saturated heterocycles. The minimum atomic E-state index is 0.0366. The summed E-state index contributed by atoms with van der Waals surface area (Å²) in [7, 11) is 0. The SMILES string of the molecule is CCCn1cc(C2=NOC(CN)C2)cn1. The molecule has 0 amide bonds. The fourth-order valence-corrected chi connectivity index (χ4v) is 1.59. The molecule has 1 aliphatic heterocycles. The van der Waals surface area contributed by atoms with Gasteiger partial charge in [-0.3, -0.25) is 4.68 Å². The molecular formula is C10H16N4O. The molecule has 0 radical (unpaired) electrons. The summed E-state index contributed by atoms with van der Waals surface area (Å²) in [5.74, 6) is 0. The predicted octanol–water partition coefficient (Wildman–Crippen LogP) is 0.745. The fourth-order valence-electron chi connectivity index (χ4n) is 1.59. The number of nitrogens with zero attached hydrogens (tertiary/aromatic N) is 3. The van der Waals surface area contributed by atoms with Gasteiger partial charge in [-0.1, -0.05) is 12.1 Å². The lowest BCUT2D eigenvalue weighted by Gasteiger charge is -2.01. The molecule has 2 rings (SSSR count). The summed E-state index contributed by atoms with van der Waals surface area (Å²) >= 11 is 0. The van der Waals surface area contributed by atoms with Crippen molar-refractivity contribution in [2.24, 2.45) is 10.9 Å². The van der Waals surface area contributed by atoms with Crippen LogP contribution in [0, 0.1) is 0 Å². The first-order valence-electron chi connectivity index (χ1n) is 5.29. The van der Waals surface area contributed by atoms with E-state index in [1.54, 1.807) is 0 Å². The molecule has 15 heavy (non-hydrogen) atoms. The largest absolute Gasteiger partial charge is 0.390 e. The van der Waals surface area contributed by atoms with Crippen LogP contribution in [0.25, 0.3) is 0 Å². The number of hydrogen-bond acceptors (Lipinski definition) is 4. The van der Waals surface area contributed by atoms with Crippen LogP contribution in [-0.4, -0.2) is 28.1 Å². The van der Waals surface area contributed by atoms with E-state index in [0.717, 1.165) is 30.7 Å². The second-order valence-electron chi connectivity index (χ2n) is 3.70. The molecule has 0 fully saturated rings. The Morgan fingerprint density at radius 1 is 1.67 bits per heavy atom. The quantitative estimate of drug-likeness (QED) is 0.793. The van der Waals surface area contributed by atoms with Gasteiger partial charge in [0.05, 0.1) is 11.9 Å². The second-order valence-corrected chi connectivity index (χ2v) is 3.70. The number of rotatable bonds is 4. The molecule has 0 bridgehead atoms. The zero-order chi connectivity index (χ0) is 10.7. The van der Waals surface area contributed by atoms with E-state index >= 15 is 0 Å². The van der Waals surface area contributed by atoms with Crippen LogP contribution >= 0.6 is 0 Å². The van der Waals surface area contributed by atoms with E-state index in [-0.39, 0.29) is 6.10 Å². The van der Waals surface area contributed by atoms with Gasteiger partial charge in [-0.15, -0.1) is 0 Å². The van der Waals surface area contributed by atoms with Crippen LogP contribution in [-0.2, 0) is 11.4 Å². The summed E-state index contributed by atoms with van der Waals surface area (Å²) in [6.07, 6.45) is 5.74. The Morgan fingerprint density at radius 3 is 3.20 bits per heavy atom. The van der Waals surface area contributed by atoms with Crippen molar-refractivity contribution in [3.8, 4) is 0 Å². The number of aromatic nitrogens is 2. The van der Waals surface area contributed by atoms with Gasteiger partial charge >= 0.3 is 0 Å². The van der Waals surface area contributed by atoms with Gasteiger partial charge in [0, 0.05) is 31.3 Å². The first-order chi connectivity index (χ1) is 7.33. The maximum absolute atomic E-state index is 5.51. The van der Waals surface area contributed by atoms with Crippen molar-refractivity contribution in [3.05, 3.63) is 18.0 Å². The van der Waals surface area contributed by atoms with E-state index in [0.29, 0.717) is 6.54 Å². The Kier molecular flexibility index (Phi) is 3.01. The van der Waals surface area contributed by atoms with E-state index < -0.39 is 0 Å². The van der Waals surface area contributed by atoms with Crippen LogP contribution in [0.5, 0.6) is 0 Å². The maximum Gasteiger partial charge on any atom is 0.145 e. The van der Waals surface area contributed by atoms with Gasteiger partial charge in [0.15, 0.2) is 0 Å². The van der Waals surface area contributed by atoms with E-state index in [9.17, 15) is 0 Å². The molecule has 2 N–H and O–H groups in total. The zero-order valence-corrected chi connectivity index (χ0v) is 8.89. The molecule has 0 aliphatic carbocycles. The highest BCUT2D eigenvalue weighted by Crippen LogP contribution is 2.15. The Hall–Kier alpha value is -1.36. The van der Waals surface area contributed by atoms with E-state index in [4.69, 9.17) is 10.6 Å². The summed E-state index contributed by atoms with van der Waals surface area (Å²) in [5.41, 5.74) is 7.50. The van der Waals surface area contributed by atoms with Crippen molar-refractivity contribution in [2.45, 2.75) is 32.4 Å². The zero-order valence-electron chi connectivity index (χ0n) is 8.89. The molecule has 1 atom stereocenters. The Morgan fingerprint density at radius 2 is 2.53 bits per heavy atom. The molecule has 1 aliphatic rings. The molecule has 1 aromatic heterocycles. The maximum atomic E-state index is 5.51. The predicted molar refractivity (Wildman–Crippen MR) is 57.6 cm³/mol. The topological polar surface area (TPSA) is 65.4 Å². The van der Waals surface area contributed by atoms with Gasteiger partial charge in [-0.2, -0.15) is 5.10 Å². The van der Waals surface area contributed by atoms with Crippen LogP contribution in [0.3, 0.4) is 0 Å². The molecule has 2 heterocycles. The highest BCUT2D eigenvalue weighted by atomic mass is 16.6. The summed E-state index contributed by atoms with van der Waals surface area (Å²) in [5, 5.41) is 8.27. The number of oxime groups is 1. The third-order valence-electron chi connectivity index (χ3n) is 2.42. The van der Waals surface area contributed by atoms with Crippen molar-refractivity contribution >= 4 is 5.71 Å². The standard InChI is InChI=1S/C10H16N4O/c1-2-3-14-7-8(6-12-14)10-4-9(5-11)15-13-10/h6-7,9H,2-5,11H2,1H3. The van der Waals surface area contributed by atoms with Crippen LogP contribution in [0.15, 0.2) is 17.5 Å². The number of hydrogen-bond donors (Lipinski definition) is 1. The molecular weight excluding hydrogens is 192 g/mol. The highest BCUT2D eigenvalue weighted by Gasteiger charge is 2.21. The average molecular weight is 208 g/mol. The molecule has 1 unspecified atom stereocenters. The van der Waals surface area contributed by atoms with E-state index in [2.05, 4.69) is 17.2 Å². The third-order valence-corrected chi connectivity index (χ3v) is 2.42. The first-order valence-corrected chi connectivity index (χ1v) is 5.29. The molecule has 0 spiro atoms.